The van der Waals surface area contributed by atoms with Crippen LogP contribution in [0.4, 0.5) is 0 Å². The maximum Gasteiger partial charge on any atom is 0.126 e. The summed E-state index contributed by atoms with van der Waals surface area (Å²) in [4.78, 5) is 7.57. The SMILES string of the molecule is CCC(C)(N)c1ncc(-c2cnn(C)c2)[nH]1. The molecule has 1 atom stereocenters. The third-order valence-electron chi connectivity index (χ3n) is 2.87. The van der Waals surface area contributed by atoms with Crippen molar-refractivity contribution in [3.05, 3.63) is 24.4 Å². The minimum atomic E-state index is -0.402. The maximum absolute atomic E-state index is 6.12. The van der Waals surface area contributed by atoms with Gasteiger partial charge in [0.15, 0.2) is 0 Å². The summed E-state index contributed by atoms with van der Waals surface area (Å²) in [7, 11) is 1.89. The Morgan fingerprint density at radius 1 is 1.50 bits per heavy atom. The minimum Gasteiger partial charge on any atom is -0.340 e. The first-order valence-electron chi connectivity index (χ1n) is 5.36. The van der Waals surface area contributed by atoms with Gasteiger partial charge in [-0.1, -0.05) is 6.92 Å². The van der Waals surface area contributed by atoms with Gasteiger partial charge < -0.3 is 10.7 Å². The van der Waals surface area contributed by atoms with Crippen LogP contribution in [0.15, 0.2) is 18.6 Å². The van der Waals surface area contributed by atoms with E-state index in [1.807, 2.05) is 27.1 Å². The van der Waals surface area contributed by atoms with Crippen molar-refractivity contribution >= 4 is 0 Å². The number of aryl methyl sites for hydroxylation is 1. The number of nitrogens with one attached hydrogen (secondary N) is 1. The van der Waals surface area contributed by atoms with Gasteiger partial charge in [-0.05, 0) is 13.3 Å². The monoisotopic (exact) mass is 219 g/mol. The van der Waals surface area contributed by atoms with Gasteiger partial charge in [-0.2, -0.15) is 5.10 Å². The van der Waals surface area contributed by atoms with Gasteiger partial charge in [-0.25, -0.2) is 4.98 Å². The molecule has 16 heavy (non-hydrogen) atoms. The molecule has 2 aromatic rings. The third-order valence-corrected chi connectivity index (χ3v) is 2.87. The lowest BCUT2D eigenvalue weighted by Gasteiger charge is -2.19. The van der Waals surface area contributed by atoms with Gasteiger partial charge in [0.25, 0.3) is 0 Å². The van der Waals surface area contributed by atoms with Crippen LogP contribution >= 0.6 is 0 Å². The van der Waals surface area contributed by atoms with E-state index in [-0.39, 0.29) is 0 Å². The number of imidazole rings is 1. The Labute approximate surface area is 94.7 Å². The molecule has 0 aromatic carbocycles. The predicted molar refractivity (Wildman–Crippen MR) is 62.6 cm³/mol. The summed E-state index contributed by atoms with van der Waals surface area (Å²) in [6.07, 6.45) is 6.38. The van der Waals surface area contributed by atoms with E-state index in [2.05, 4.69) is 15.1 Å². The van der Waals surface area contributed by atoms with E-state index in [1.54, 1.807) is 17.1 Å². The number of aromatic amines is 1. The molecule has 0 bridgehead atoms. The average molecular weight is 219 g/mol. The van der Waals surface area contributed by atoms with Crippen molar-refractivity contribution in [1.82, 2.24) is 19.7 Å². The first-order chi connectivity index (χ1) is 7.53. The van der Waals surface area contributed by atoms with Crippen LogP contribution < -0.4 is 5.73 Å². The Hall–Kier alpha value is -1.62. The van der Waals surface area contributed by atoms with Gasteiger partial charge >= 0.3 is 0 Å². The summed E-state index contributed by atoms with van der Waals surface area (Å²) in [5.74, 6) is 0.814. The fourth-order valence-corrected chi connectivity index (χ4v) is 1.49. The molecule has 0 aliphatic heterocycles. The van der Waals surface area contributed by atoms with Gasteiger partial charge in [0.2, 0.25) is 0 Å². The standard InChI is InChI=1S/C11H17N5/c1-4-11(2,12)10-13-6-9(15-10)8-5-14-16(3)7-8/h5-7H,4,12H2,1-3H3,(H,13,15). The lowest BCUT2D eigenvalue weighted by atomic mass is 10.0. The van der Waals surface area contributed by atoms with Crippen LogP contribution in [0, 0.1) is 0 Å². The number of nitrogens with two attached hydrogens (primary N) is 1. The molecule has 86 valence electrons. The molecule has 0 amide bonds. The summed E-state index contributed by atoms with van der Waals surface area (Å²) < 4.78 is 1.76. The minimum absolute atomic E-state index is 0.402. The normalized spacial score (nSPS) is 15.0. The second-order valence-corrected chi connectivity index (χ2v) is 4.32. The van der Waals surface area contributed by atoms with Gasteiger partial charge in [-0.3, -0.25) is 4.68 Å². The molecule has 0 radical (unpaired) electrons. The van der Waals surface area contributed by atoms with E-state index in [0.717, 1.165) is 23.5 Å². The van der Waals surface area contributed by atoms with E-state index in [4.69, 9.17) is 5.73 Å². The smallest absolute Gasteiger partial charge is 0.126 e. The molecular formula is C11H17N5. The summed E-state index contributed by atoms with van der Waals surface area (Å²) in [5.41, 5.74) is 7.69. The van der Waals surface area contributed by atoms with Crippen LogP contribution in [-0.2, 0) is 12.6 Å². The van der Waals surface area contributed by atoms with Crippen LogP contribution in [0.5, 0.6) is 0 Å². The predicted octanol–water partition coefficient (Wildman–Crippen LogP) is 1.39. The topological polar surface area (TPSA) is 72.5 Å². The molecule has 5 heteroatoms. The molecule has 0 aliphatic carbocycles. The number of nitrogens with zero attached hydrogens (tertiary/aromatic N) is 3. The number of hydrogen-bond acceptors (Lipinski definition) is 3. The fraction of sp³-hybridized carbons (Fsp3) is 0.455. The first kappa shape index (κ1) is 10.9. The summed E-state index contributed by atoms with van der Waals surface area (Å²) in [6, 6.07) is 0. The van der Waals surface area contributed by atoms with Crippen LogP contribution in [0.2, 0.25) is 0 Å². The zero-order valence-corrected chi connectivity index (χ0v) is 9.86. The van der Waals surface area contributed by atoms with Crippen molar-refractivity contribution in [2.24, 2.45) is 12.8 Å². The number of aromatic nitrogens is 4. The van der Waals surface area contributed by atoms with Crippen molar-refractivity contribution in [3.63, 3.8) is 0 Å². The van der Waals surface area contributed by atoms with Gasteiger partial charge in [0.1, 0.15) is 5.82 Å². The van der Waals surface area contributed by atoms with E-state index in [1.165, 1.54) is 0 Å². The van der Waals surface area contributed by atoms with Crippen LogP contribution in [0.1, 0.15) is 26.1 Å². The third kappa shape index (κ3) is 1.86. The Kier molecular flexibility index (Phi) is 2.55. The quantitative estimate of drug-likeness (QED) is 0.819. The Bertz CT molecular complexity index is 480. The molecule has 0 saturated carbocycles. The Balaban J connectivity index is 2.33. The summed E-state index contributed by atoms with van der Waals surface area (Å²) >= 11 is 0. The number of hydrogen-bond donors (Lipinski definition) is 2. The highest BCUT2D eigenvalue weighted by atomic mass is 15.2. The van der Waals surface area contributed by atoms with Gasteiger partial charge in [-0.15, -0.1) is 0 Å². The lowest BCUT2D eigenvalue weighted by Crippen LogP contribution is -2.33. The second-order valence-electron chi connectivity index (χ2n) is 4.32. The van der Waals surface area contributed by atoms with Crippen molar-refractivity contribution < 1.29 is 0 Å². The van der Waals surface area contributed by atoms with Crippen LogP contribution in [-0.4, -0.2) is 19.7 Å². The highest BCUT2D eigenvalue weighted by molar-refractivity contribution is 5.56. The van der Waals surface area contributed by atoms with E-state index < -0.39 is 5.54 Å². The van der Waals surface area contributed by atoms with E-state index in [0.29, 0.717) is 0 Å². The molecule has 2 rings (SSSR count). The first-order valence-corrected chi connectivity index (χ1v) is 5.36. The van der Waals surface area contributed by atoms with Crippen molar-refractivity contribution in [3.8, 4) is 11.3 Å². The average Bonchev–Trinajstić information content (AvgIpc) is 2.85. The largest absolute Gasteiger partial charge is 0.340 e. The van der Waals surface area contributed by atoms with E-state index >= 15 is 0 Å². The Morgan fingerprint density at radius 2 is 2.25 bits per heavy atom. The molecule has 2 heterocycles. The number of H-pyrrole nitrogens is 1. The molecule has 0 aliphatic rings. The van der Waals surface area contributed by atoms with Crippen molar-refractivity contribution in [2.45, 2.75) is 25.8 Å². The lowest BCUT2D eigenvalue weighted by molar-refractivity contribution is 0.450. The molecule has 0 saturated heterocycles. The zero-order valence-electron chi connectivity index (χ0n) is 9.86. The second kappa shape index (κ2) is 3.75. The Morgan fingerprint density at radius 3 is 2.81 bits per heavy atom. The van der Waals surface area contributed by atoms with Crippen molar-refractivity contribution in [1.29, 1.82) is 0 Å². The zero-order chi connectivity index (χ0) is 11.8. The molecule has 0 spiro atoms. The fourth-order valence-electron chi connectivity index (χ4n) is 1.49. The van der Waals surface area contributed by atoms with E-state index in [9.17, 15) is 0 Å². The molecular weight excluding hydrogens is 202 g/mol. The number of rotatable bonds is 3. The summed E-state index contributed by atoms with van der Waals surface area (Å²) in [6.45, 7) is 4.02. The molecule has 0 fully saturated rings. The van der Waals surface area contributed by atoms with Gasteiger partial charge in [0, 0.05) is 18.8 Å². The molecule has 2 aromatic heterocycles. The molecule has 3 N–H and O–H groups in total. The van der Waals surface area contributed by atoms with Crippen LogP contribution in [0.25, 0.3) is 11.3 Å². The van der Waals surface area contributed by atoms with Crippen molar-refractivity contribution in [2.75, 3.05) is 0 Å². The van der Waals surface area contributed by atoms with Crippen LogP contribution in [0.3, 0.4) is 0 Å². The molecule has 5 nitrogen and oxygen atoms in total. The highest BCUT2D eigenvalue weighted by Crippen LogP contribution is 2.22. The molecule has 1 unspecified atom stereocenters. The highest BCUT2D eigenvalue weighted by Gasteiger charge is 2.22. The summed E-state index contributed by atoms with van der Waals surface area (Å²) in [5, 5.41) is 4.12. The maximum atomic E-state index is 6.12. The van der Waals surface area contributed by atoms with Gasteiger partial charge in [0.05, 0.1) is 23.6 Å².